The number of rotatable bonds is 8. The third kappa shape index (κ3) is 5.27. The Bertz CT molecular complexity index is 625. The van der Waals surface area contributed by atoms with E-state index in [1.807, 2.05) is 7.05 Å². The zero-order valence-corrected chi connectivity index (χ0v) is 14.8. The number of aryl methyl sites for hydroxylation is 1. The van der Waals surface area contributed by atoms with Crippen molar-refractivity contribution in [2.24, 2.45) is 0 Å². The maximum Gasteiger partial charge on any atom is 0.243 e. The Morgan fingerprint density at radius 1 is 1.17 bits per heavy atom. The van der Waals surface area contributed by atoms with Crippen LogP contribution >= 0.6 is 0 Å². The van der Waals surface area contributed by atoms with E-state index in [1.54, 1.807) is 24.3 Å². The zero-order chi connectivity index (χ0) is 17.4. The van der Waals surface area contributed by atoms with Crippen molar-refractivity contribution in [3.05, 3.63) is 29.8 Å². The molecule has 1 heterocycles. The van der Waals surface area contributed by atoms with Gasteiger partial charge in [0, 0.05) is 32.6 Å². The van der Waals surface area contributed by atoms with Crippen molar-refractivity contribution in [1.82, 2.24) is 14.9 Å². The third-order valence-corrected chi connectivity index (χ3v) is 5.78. The summed E-state index contributed by atoms with van der Waals surface area (Å²) in [4.78, 5) is 12.0. The van der Waals surface area contributed by atoms with Gasteiger partial charge in [-0.2, -0.15) is 4.31 Å². The van der Waals surface area contributed by atoms with E-state index in [1.165, 1.54) is 4.31 Å². The number of carbonyl (C=O) groups excluding carboxylic acids is 1. The molecule has 24 heavy (non-hydrogen) atoms. The molecule has 7 nitrogen and oxygen atoms in total. The molecule has 1 aliphatic heterocycles. The fourth-order valence-electron chi connectivity index (χ4n) is 2.44. The van der Waals surface area contributed by atoms with E-state index >= 15 is 0 Å². The maximum atomic E-state index is 12.5. The highest BCUT2D eigenvalue weighted by Gasteiger charge is 2.25. The molecule has 134 valence electrons. The highest BCUT2D eigenvalue weighted by atomic mass is 32.2. The lowest BCUT2D eigenvalue weighted by Crippen LogP contribution is -2.40. The number of benzene rings is 1. The predicted molar refractivity (Wildman–Crippen MR) is 91.3 cm³/mol. The quantitative estimate of drug-likeness (QED) is 0.640. The Morgan fingerprint density at radius 3 is 2.46 bits per heavy atom. The minimum atomic E-state index is -3.46. The fraction of sp³-hybridized carbons (Fsp3) is 0.562. The zero-order valence-electron chi connectivity index (χ0n) is 14.0. The van der Waals surface area contributed by atoms with Crippen molar-refractivity contribution in [2.45, 2.75) is 17.7 Å². The molecular formula is C16H25N3O4S. The van der Waals surface area contributed by atoms with Gasteiger partial charge in [0.25, 0.3) is 0 Å². The summed E-state index contributed by atoms with van der Waals surface area (Å²) in [7, 11) is -1.63. The van der Waals surface area contributed by atoms with Gasteiger partial charge in [-0.3, -0.25) is 4.79 Å². The van der Waals surface area contributed by atoms with E-state index in [0.29, 0.717) is 45.7 Å². The molecule has 0 atom stereocenters. The number of hydrogen-bond acceptors (Lipinski definition) is 5. The molecule has 8 heteroatoms. The van der Waals surface area contributed by atoms with E-state index in [9.17, 15) is 13.2 Å². The van der Waals surface area contributed by atoms with Crippen LogP contribution in [0, 0.1) is 0 Å². The molecule has 2 rings (SSSR count). The highest BCUT2D eigenvalue weighted by Crippen LogP contribution is 2.18. The van der Waals surface area contributed by atoms with Crippen LogP contribution in [-0.2, 0) is 26.0 Å². The van der Waals surface area contributed by atoms with Gasteiger partial charge in [-0.05, 0) is 31.2 Å². The van der Waals surface area contributed by atoms with Crippen LogP contribution in [0.5, 0.6) is 0 Å². The molecule has 0 saturated carbocycles. The number of sulfonamides is 1. The second-order valence-electron chi connectivity index (χ2n) is 5.61. The van der Waals surface area contributed by atoms with Gasteiger partial charge < -0.3 is 15.4 Å². The Kier molecular flexibility index (Phi) is 7.16. The minimum absolute atomic E-state index is 0.00438. The SMILES string of the molecule is CNCCNC(=O)CCc1ccc(S(=O)(=O)N2CCOCC2)cc1. The first-order valence-corrected chi connectivity index (χ1v) is 9.56. The smallest absolute Gasteiger partial charge is 0.243 e. The first kappa shape index (κ1) is 18.9. The molecule has 1 aromatic carbocycles. The van der Waals surface area contributed by atoms with Crippen LogP contribution in [-0.4, -0.2) is 65.1 Å². The Hall–Kier alpha value is -1.48. The standard InChI is InChI=1S/C16H25N3O4S/c1-17-8-9-18-16(20)7-4-14-2-5-15(6-3-14)24(21,22)19-10-12-23-13-11-19/h2-3,5-6,17H,4,7-13H2,1H3,(H,18,20). The molecule has 1 fully saturated rings. The molecule has 0 aliphatic carbocycles. The summed E-state index contributed by atoms with van der Waals surface area (Å²) in [5.41, 5.74) is 0.944. The Morgan fingerprint density at radius 2 is 1.83 bits per heavy atom. The van der Waals surface area contributed by atoms with E-state index in [4.69, 9.17) is 4.74 Å². The summed E-state index contributed by atoms with van der Waals surface area (Å²) < 4.78 is 31.7. The molecule has 0 spiro atoms. The first-order chi connectivity index (χ1) is 11.5. The van der Waals surface area contributed by atoms with Gasteiger partial charge in [-0.15, -0.1) is 0 Å². The van der Waals surface area contributed by atoms with E-state index < -0.39 is 10.0 Å². The number of nitrogens with one attached hydrogen (secondary N) is 2. The van der Waals surface area contributed by atoms with Crippen LogP contribution in [0.3, 0.4) is 0 Å². The second kappa shape index (κ2) is 9.12. The summed E-state index contributed by atoms with van der Waals surface area (Å²) in [6, 6.07) is 6.76. The van der Waals surface area contributed by atoms with Gasteiger partial charge in [0.1, 0.15) is 0 Å². The van der Waals surface area contributed by atoms with Crippen LogP contribution in [0.15, 0.2) is 29.2 Å². The van der Waals surface area contributed by atoms with Crippen LogP contribution < -0.4 is 10.6 Å². The molecular weight excluding hydrogens is 330 g/mol. The molecule has 1 saturated heterocycles. The number of carbonyl (C=O) groups is 1. The summed E-state index contributed by atoms with van der Waals surface area (Å²) >= 11 is 0. The van der Waals surface area contributed by atoms with Gasteiger partial charge in [-0.1, -0.05) is 12.1 Å². The number of nitrogens with zero attached hydrogens (tertiary/aromatic N) is 1. The van der Waals surface area contributed by atoms with Crippen molar-refractivity contribution in [1.29, 1.82) is 0 Å². The monoisotopic (exact) mass is 355 g/mol. The van der Waals surface area contributed by atoms with Crippen LogP contribution in [0.25, 0.3) is 0 Å². The average molecular weight is 355 g/mol. The van der Waals surface area contributed by atoms with Gasteiger partial charge in [0.15, 0.2) is 0 Å². The van der Waals surface area contributed by atoms with E-state index in [-0.39, 0.29) is 10.8 Å². The summed E-state index contributed by atoms with van der Waals surface area (Å²) in [5, 5.41) is 5.78. The van der Waals surface area contributed by atoms with Crippen LogP contribution in [0.4, 0.5) is 0 Å². The number of amides is 1. The normalized spacial score (nSPS) is 16.0. The number of morpholine rings is 1. The number of ether oxygens (including phenoxy) is 1. The average Bonchev–Trinajstić information content (AvgIpc) is 2.61. The molecule has 0 aromatic heterocycles. The van der Waals surface area contributed by atoms with Gasteiger partial charge in [-0.25, -0.2) is 8.42 Å². The Labute approximate surface area is 143 Å². The topological polar surface area (TPSA) is 87.7 Å². The summed E-state index contributed by atoms with van der Waals surface area (Å²) in [6.07, 6.45) is 0.975. The molecule has 0 bridgehead atoms. The van der Waals surface area contributed by atoms with Gasteiger partial charge in [0.2, 0.25) is 15.9 Å². The van der Waals surface area contributed by atoms with Gasteiger partial charge in [0.05, 0.1) is 18.1 Å². The van der Waals surface area contributed by atoms with Crippen molar-refractivity contribution in [3.63, 3.8) is 0 Å². The molecule has 1 aromatic rings. The largest absolute Gasteiger partial charge is 0.379 e. The van der Waals surface area contributed by atoms with Crippen LogP contribution in [0.1, 0.15) is 12.0 Å². The molecule has 1 amide bonds. The number of hydrogen-bond donors (Lipinski definition) is 2. The molecule has 1 aliphatic rings. The minimum Gasteiger partial charge on any atom is -0.379 e. The summed E-state index contributed by atoms with van der Waals surface area (Å²) in [6.45, 7) is 2.97. The molecule has 0 unspecified atom stereocenters. The van der Waals surface area contributed by atoms with E-state index in [2.05, 4.69) is 10.6 Å². The van der Waals surface area contributed by atoms with Crippen molar-refractivity contribution < 1.29 is 17.9 Å². The van der Waals surface area contributed by atoms with Crippen molar-refractivity contribution in [3.8, 4) is 0 Å². The maximum absolute atomic E-state index is 12.5. The molecule has 0 radical (unpaired) electrons. The van der Waals surface area contributed by atoms with Crippen molar-refractivity contribution in [2.75, 3.05) is 46.4 Å². The first-order valence-electron chi connectivity index (χ1n) is 8.12. The lowest BCUT2D eigenvalue weighted by Gasteiger charge is -2.26. The summed E-state index contributed by atoms with van der Waals surface area (Å²) in [5.74, 6) is -0.00438. The van der Waals surface area contributed by atoms with E-state index in [0.717, 1.165) is 12.1 Å². The third-order valence-electron chi connectivity index (χ3n) is 3.87. The van der Waals surface area contributed by atoms with Crippen molar-refractivity contribution >= 4 is 15.9 Å². The fourth-order valence-corrected chi connectivity index (χ4v) is 3.85. The lowest BCUT2D eigenvalue weighted by molar-refractivity contribution is -0.121. The van der Waals surface area contributed by atoms with Crippen LogP contribution in [0.2, 0.25) is 0 Å². The lowest BCUT2D eigenvalue weighted by atomic mass is 10.1. The van der Waals surface area contributed by atoms with Gasteiger partial charge >= 0.3 is 0 Å². The number of likely N-dealkylation sites (N-methyl/N-ethyl adjacent to an activating group) is 1. The molecule has 2 N–H and O–H groups in total. The highest BCUT2D eigenvalue weighted by molar-refractivity contribution is 7.89. The predicted octanol–water partition coefficient (Wildman–Crippen LogP) is -0.0243. The Balaban J connectivity index is 1.89. The second-order valence-corrected chi connectivity index (χ2v) is 7.55.